The second-order valence-corrected chi connectivity index (χ2v) is 21.0. The molecular formula is C42H60N9O13S2+. The summed E-state index contributed by atoms with van der Waals surface area (Å²) in [7, 11) is -5.09. The second-order valence-electron chi connectivity index (χ2n) is 19.2. The van der Waals surface area contributed by atoms with Gasteiger partial charge in [-0.05, 0) is 124 Å². The number of fused-ring (bicyclic) bond motifs is 1. The van der Waals surface area contributed by atoms with Crippen LogP contribution in [0.15, 0.2) is 41.1 Å². The van der Waals surface area contributed by atoms with Crippen LogP contribution in [0, 0.1) is 5.92 Å². The lowest BCUT2D eigenvalue weighted by Crippen LogP contribution is -2.76. The van der Waals surface area contributed by atoms with Crippen molar-refractivity contribution in [3.05, 3.63) is 47.2 Å². The van der Waals surface area contributed by atoms with Crippen LogP contribution in [0.2, 0.25) is 0 Å². The van der Waals surface area contributed by atoms with Gasteiger partial charge in [-0.25, -0.2) is 14.6 Å². The highest BCUT2D eigenvalue weighted by atomic mass is 32.3. The highest BCUT2D eigenvalue weighted by molar-refractivity contribution is 7.80. The van der Waals surface area contributed by atoms with Gasteiger partial charge in [-0.3, -0.25) is 19.5 Å². The maximum Gasteiger partial charge on any atom is 0.418 e. The summed E-state index contributed by atoms with van der Waals surface area (Å²) in [6.07, 6.45) is 3.17. The van der Waals surface area contributed by atoms with E-state index in [0.717, 1.165) is 54.1 Å². The molecule has 3 amide bonds. The Bertz CT molecular complexity index is 2450. The summed E-state index contributed by atoms with van der Waals surface area (Å²) < 4.78 is 58.3. The first-order chi connectivity index (χ1) is 30.7. The molecule has 3 aliphatic rings. The number of hydroxylamine groups is 2. The van der Waals surface area contributed by atoms with Gasteiger partial charge in [0.1, 0.15) is 34.8 Å². The molecule has 0 aliphatic carbocycles. The van der Waals surface area contributed by atoms with Gasteiger partial charge in [0.15, 0.2) is 23.5 Å². The van der Waals surface area contributed by atoms with Gasteiger partial charge in [0.2, 0.25) is 6.20 Å². The number of thiazole rings is 1. The molecule has 3 aliphatic heterocycles. The SMILES string of the molecule is CC(C)(C)OC(=O)Nc1nc(/C(=N/OC(C)(C(=O)OC(C)(C)C)C2CCc3cc(-c4cn(CC5CCNC5)[n+](CC(O)CN)c4)ccc3O2)C(=O)NC2C(=O)N(OS(=O)(=O)O)C2(C)C)cs1. The normalized spacial score (nSPS) is 21.2. The number of aromatic nitrogens is 3. The number of nitrogens with two attached hydrogens (primary N) is 1. The van der Waals surface area contributed by atoms with Gasteiger partial charge in [0.25, 0.3) is 17.4 Å². The number of β-lactam (4-membered cyclic amide) rings is 1. The number of amides is 3. The average Bonchev–Trinajstić information content (AvgIpc) is 3.99. The summed E-state index contributed by atoms with van der Waals surface area (Å²) >= 11 is 0.908. The number of esters is 1. The van der Waals surface area contributed by atoms with Crippen molar-refractivity contribution in [3.63, 3.8) is 0 Å². The number of ether oxygens (including phenoxy) is 3. The number of aryl methyl sites for hydroxylation is 1. The van der Waals surface area contributed by atoms with Gasteiger partial charge < -0.3 is 40.5 Å². The van der Waals surface area contributed by atoms with Gasteiger partial charge in [-0.1, -0.05) is 11.2 Å². The van der Waals surface area contributed by atoms with Crippen LogP contribution in [0.25, 0.3) is 11.1 Å². The van der Waals surface area contributed by atoms with Crippen molar-refractivity contribution >= 4 is 56.5 Å². The lowest BCUT2D eigenvalue weighted by molar-refractivity contribution is -0.780. The number of aliphatic hydroxyl groups is 1. The van der Waals surface area contributed by atoms with Crippen molar-refractivity contribution in [1.29, 1.82) is 0 Å². The van der Waals surface area contributed by atoms with Crippen LogP contribution in [-0.2, 0) is 62.9 Å². The number of benzene rings is 1. The highest BCUT2D eigenvalue weighted by Gasteiger charge is 2.58. The van der Waals surface area contributed by atoms with E-state index in [-0.39, 0.29) is 23.8 Å². The first-order valence-electron chi connectivity index (χ1n) is 21.4. The minimum Gasteiger partial charge on any atom is -0.485 e. The van der Waals surface area contributed by atoms with Crippen LogP contribution in [0.1, 0.15) is 86.4 Å². The number of nitrogens with zero attached hydrogens (tertiary/aromatic N) is 5. The molecule has 5 heterocycles. The summed E-state index contributed by atoms with van der Waals surface area (Å²) in [4.78, 5) is 64.4. The van der Waals surface area contributed by atoms with E-state index in [1.807, 2.05) is 23.0 Å². The van der Waals surface area contributed by atoms with Crippen molar-refractivity contribution in [2.75, 3.05) is 25.0 Å². The summed E-state index contributed by atoms with van der Waals surface area (Å²) in [6.45, 7) is 17.3. The zero-order valence-corrected chi connectivity index (χ0v) is 40.1. The van der Waals surface area contributed by atoms with Crippen LogP contribution in [0.3, 0.4) is 0 Å². The predicted octanol–water partition coefficient (Wildman–Crippen LogP) is 2.23. The molecule has 66 heavy (non-hydrogen) atoms. The number of hydrogen-bond donors (Lipinski definition) is 6. The molecular weight excluding hydrogens is 903 g/mol. The molecule has 362 valence electrons. The number of rotatable bonds is 16. The predicted molar refractivity (Wildman–Crippen MR) is 238 cm³/mol. The largest absolute Gasteiger partial charge is 0.485 e. The van der Waals surface area contributed by atoms with Crippen LogP contribution < -0.4 is 31.1 Å². The Hall–Kier alpha value is -5.24. The van der Waals surface area contributed by atoms with Gasteiger partial charge in [-0.15, -0.1) is 20.3 Å². The number of nitrogens with one attached hydrogen (secondary N) is 3. The number of carbonyl (C=O) groups excluding carboxylic acids is 4. The third-order valence-electron chi connectivity index (χ3n) is 11.0. The molecule has 0 spiro atoms. The molecule has 24 heteroatoms. The molecule has 22 nitrogen and oxygen atoms in total. The smallest absolute Gasteiger partial charge is 0.418 e. The lowest BCUT2D eigenvalue weighted by Gasteiger charge is -2.50. The summed E-state index contributed by atoms with van der Waals surface area (Å²) in [5, 5.41) is 24.8. The lowest BCUT2D eigenvalue weighted by atomic mass is 9.84. The average molecular weight is 963 g/mol. The van der Waals surface area contributed by atoms with E-state index in [1.54, 1.807) is 47.6 Å². The molecule has 0 bridgehead atoms. The second kappa shape index (κ2) is 19.2. The zero-order valence-electron chi connectivity index (χ0n) is 38.4. The minimum absolute atomic E-state index is 0.000305. The van der Waals surface area contributed by atoms with E-state index >= 15 is 0 Å². The maximum atomic E-state index is 14.2. The number of oxime groups is 1. The van der Waals surface area contributed by atoms with E-state index in [0.29, 0.717) is 29.7 Å². The van der Waals surface area contributed by atoms with Gasteiger partial charge in [0, 0.05) is 11.9 Å². The van der Waals surface area contributed by atoms with Crippen molar-refractivity contribution in [1.82, 2.24) is 25.4 Å². The van der Waals surface area contributed by atoms with Gasteiger partial charge in [0.05, 0.1) is 23.8 Å². The summed E-state index contributed by atoms with van der Waals surface area (Å²) in [5.74, 6) is -2.03. The Labute approximate surface area is 387 Å². The molecule has 1 aromatic carbocycles. The first-order valence-corrected chi connectivity index (χ1v) is 23.7. The van der Waals surface area contributed by atoms with Crippen LogP contribution in [-0.4, -0.2) is 123 Å². The standard InChI is InChI=1S/C42H59N9O13S2/c1-39(2,3)61-36(55)42(9,31-13-11-26-16-25(10-12-30(26)60-31)27-20-49(19-24-14-15-44-18-24)50(21-27)22-28(52)17-43)63-48-32(29-23-65-37(45-29)47-38(56)62-40(4,5)6)34(53)46-33-35(54)51(41(33,7)8)64-66(57,58)59/h10,12,16,20-21,23-24,28,31,33,44,52H,11,13-15,17-19,22,43H2,1-9H3,(H2-,45,46,47,53,56,57,58,59)/p+1/b48-32-. The van der Waals surface area contributed by atoms with Crippen LogP contribution >= 0.6 is 11.3 Å². The molecule has 2 fully saturated rings. The monoisotopic (exact) mass is 962 g/mol. The van der Waals surface area contributed by atoms with Crippen molar-refractivity contribution in [2.24, 2.45) is 16.8 Å². The van der Waals surface area contributed by atoms with Gasteiger partial charge in [-0.2, -0.15) is 18.2 Å². The van der Waals surface area contributed by atoms with E-state index < -0.39 is 80.6 Å². The maximum absolute atomic E-state index is 14.2. The fourth-order valence-electron chi connectivity index (χ4n) is 7.55. The van der Waals surface area contributed by atoms with E-state index in [4.69, 9.17) is 24.8 Å². The third-order valence-corrected chi connectivity index (χ3v) is 12.1. The summed E-state index contributed by atoms with van der Waals surface area (Å²) in [5.41, 5.74) is 2.39. The van der Waals surface area contributed by atoms with E-state index in [1.165, 1.54) is 26.2 Å². The molecule has 7 N–H and O–H groups in total. The number of hydrogen-bond acceptors (Lipinski definition) is 17. The Kier molecular flexibility index (Phi) is 14.6. The highest BCUT2D eigenvalue weighted by Crippen LogP contribution is 2.38. The topological polar surface area (TPSA) is 288 Å². The molecule has 0 saturated carbocycles. The third kappa shape index (κ3) is 12.0. The molecule has 5 atom stereocenters. The molecule has 0 radical (unpaired) electrons. The van der Waals surface area contributed by atoms with Crippen LogP contribution in [0.5, 0.6) is 5.75 Å². The number of aliphatic hydroxyl groups excluding tert-OH is 1. The Morgan fingerprint density at radius 2 is 1.83 bits per heavy atom. The molecule has 2 saturated heterocycles. The van der Waals surface area contributed by atoms with Crippen LogP contribution in [0.4, 0.5) is 9.93 Å². The minimum atomic E-state index is -5.09. The molecule has 5 unspecified atom stereocenters. The Balaban J connectivity index is 1.30. The fourth-order valence-corrected chi connectivity index (χ4v) is 8.69. The molecule has 3 aromatic rings. The first kappa shape index (κ1) is 50.2. The quantitative estimate of drug-likeness (QED) is 0.0300. The zero-order chi connectivity index (χ0) is 48.6. The van der Waals surface area contributed by atoms with Crippen molar-refractivity contribution in [2.45, 2.75) is 135 Å². The van der Waals surface area contributed by atoms with E-state index in [2.05, 4.69) is 41.3 Å². The summed E-state index contributed by atoms with van der Waals surface area (Å²) in [6, 6.07) is 4.30. The fraction of sp³-hybridized carbons (Fsp3) is 0.595. The van der Waals surface area contributed by atoms with Crippen molar-refractivity contribution < 1.29 is 65.3 Å². The number of carbonyl (C=O) groups is 4. The molecule has 6 rings (SSSR count). The van der Waals surface area contributed by atoms with Gasteiger partial charge >= 0.3 is 22.5 Å². The Morgan fingerprint density at radius 3 is 2.45 bits per heavy atom. The van der Waals surface area contributed by atoms with Crippen molar-refractivity contribution in [3.8, 4) is 16.9 Å². The molecule has 2 aromatic heterocycles. The Morgan fingerprint density at radius 1 is 1.12 bits per heavy atom. The number of anilines is 1. The van der Waals surface area contributed by atoms with E-state index in [9.17, 15) is 37.3 Å².